The largest absolute Gasteiger partial charge is 0.480 e. The van der Waals surface area contributed by atoms with E-state index in [-0.39, 0.29) is 24.8 Å². The Bertz CT molecular complexity index is 570. The van der Waals surface area contributed by atoms with Crippen molar-refractivity contribution in [1.82, 2.24) is 16.0 Å². The quantitative estimate of drug-likeness (QED) is 0.194. The summed E-state index contributed by atoms with van der Waals surface area (Å²) in [7, 11) is 0. The maximum Gasteiger partial charge on any atom is 0.326 e. The van der Waals surface area contributed by atoms with Crippen molar-refractivity contribution in [3.63, 3.8) is 0 Å². The molecule has 0 spiro atoms. The van der Waals surface area contributed by atoms with E-state index in [4.69, 9.17) is 11.5 Å². The number of amides is 3. The van der Waals surface area contributed by atoms with Gasteiger partial charge in [-0.2, -0.15) is 0 Å². The summed E-state index contributed by atoms with van der Waals surface area (Å²) in [6.45, 7) is 7.68. The van der Waals surface area contributed by atoms with Crippen molar-refractivity contribution < 1.29 is 24.3 Å². The van der Waals surface area contributed by atoms with E-state index in [1.807, 2.05) is 20.8 Å². The summed E-state index contributed by atoms with van der Waals surface area (Å²) in [6, 6.07) is -2.82. The summed E-state index contributed by atoms with van der Waals surface area (Å²) in [6.07, 6.45) is 2.44. The fourth-order valence-electron chi connectivity index (χ4n) is 2.92. The van der Waals surface area contributed by atoms with Crippen molar-refractivity contribution in [1.29, 1.82) is 0 Å². The minimum atomic E-state index is -1.14. The number of aliphatic carboxylic acids is 1. The van der Waals surface area contributed by atoms with Gasteiger partial charge in [0.2, 0.25) is 17.7 Å². The molecule has 0 radical (unpaired) electrons. The van der Waals surface area contributed by atoms with Gasteiger partial charge in [-0.3, -0.25) is 14.4 Å². The molecule has 0 saturated heterocycles. The molecule has 30 heavy (non-hydrogen) atoms. The number of nitrogens with one attached hydrogen (secondary N) is 3. The van der Waals surface area contributed by atoms with Crippen LogP contribution in [0.1, 0.15) is 59.8 Å². The number of carbonyl (C=O) groups excluding carboxylic acids is 3. The first-order valence-electron chi connectivity index (χ1n) is 10.6. The molecule has 0 saturated carbocycles. The van der Waals surface area contributed by atoms with Crippen molar-refractivity contribution in [2.24, 2.45) is 23.3 Å². The van der Waals surface area contributed by atoms with Gasteiger partial charge in [0.15, 0.2) is 0 Å². The van der Waals surface area contributed by atoms with Crippen LogP contribution in [0.5, 0.6) is 0 Å². The minimum absolute atomic E-state index is 0.119. The summed E-state index contributed by atoms with van der Waals surface area (Å²) >= 11 is 0. The SMILES string of the molecule is CCC(C)C(NC(=O)C(CC(C)C)NC(=O)CN)C(=O)NC(CCCCN)C(=O)O. The lowest BCUT2D eigenvalue weighted by atomic mass is 9.96. The van der Waals surface area contributed by atoms with Gasteiger partial charge >= 0.3 is 5.97 Å². The highest BCUT2D eigenvalue weighted by Gasteiger charge is 2.32. The molecule has 0 aliphatic heterocycles. The number of hydrogen-bond donors (Lipinski definition) is 6. The number of carboxylic acids is 1. The van der Waals surface area contributed by atoms with Crippen LogP contribution in [0.3, 0.4) is 0 Å². The van der Waals surface area contributed by atoms with Crippen LogP contribution < -0.4 is 27.4 Å². The van der Waals surface area contributed by atoms with Crippen LogP contribution in [-0.4, -0.2) is 60.0 Å². The van der Waals surface area contributed by atoms with E-state index in [2.05, 4.69) is 16.0 Å². The van der Waals surface area contributed by atoms with Gasteiger partial charge in [0.1, 0.15) is 18.1 Å². The molecule has 0 aromatic rings. The van der Waals surface area contributed by atoms with E-state index >= 15 is 0 Å². The van der Waals surface area contributed by atoms with E-state index in [1.54, 1.807) is 6.92 Å². The Morgan fingerprint density at radius 3 is 2.00 bits per heavy atom. The Morgan fingerprint density at radius 1 is 0.900 bits per heavy atom. The molecule has 10 nitrogen and oxygen atoms in total. The first kappa shape index (κ1) is 27.8. The molecule has 0 rings (SSSR count). The van der Waals surface area contributed by atoms with Gasteiger partial charge in [-0.15, -0.1) is 0 Å². The van der Waals surface area contributed by atoms with Crippen molar-refractivity contribution in [3.05, 3.63) is 0 Å². The second-order valence-corrected chi connectivity index (χ2v) is 8.01. The molecule has 10 heteroatoms. The van der Waals surface area contributed by atoms with Crippen molar-refractivity contribution >= 4 is 23.7 Å². The lowest BCUT2D eigenvalue weighted by Gasteiger charge is -2.28. The molecule has 174 valence electrons. The molecule has 4 unspecified atom stereocenters. The summed E-state index contributed by atoms with van der Waals surface area (Å²) in [4.78, 5) is 48.8. The van der Waals surface area contributed by atoms with Gasteiger partial charge in [0.05, 0.1) is 6.54 Å². The van der Waals surface area contributed by atoms with E-state index in [0.717, 1.165) is 0 Å². The summed E-state index contributed by atoms with van der Waals surface area (Å²) < 4.78 is 0. The van der Waals surface area contributed by atoms with Crippen molar-refractivity contribution in [3.8, 4) is 0 Å². The predicted molar refractivity (Wildman–Crippen MR) is 114 cm³/mol. The number of carbonyl (C=O) groups is 4. The monoisotopic (exact) mass is 429 g/mol. The van der Waals surface area contributed by atoms with E-state index in [1.165, 1.54) is 0 Å². The fraction of sp³-hybridized carbons (Fsp3) is 0.800. The van der Waals surface area contributed by atoms with E-state index in [9.17, 15) is 24.3 Å². The zero-order valence-corrected chi connectivity index (χ0v) is 18.6. The molecule has 4 atom stereocenters. The second kappa shape index (κ2) is 14.7. The number of nitrogens with two attached hydrogens (primary N) is 2. The van der Waals surface area contributed by atoms with Crippen molar-refractivity contribution in [2.45, 2.75) is 77.9 Å². The third-order valence-electron chi connectivity index (χ3n) is 4.90. The molecule has 8 N–H and O–H groups in total. The second-order valence-electron chi connectivity index (χ2n) is 8.01. The number of unbranched alkanes of at least 4 members (excludes halogenated alkanes) is 1. The topological polar surface area (TPSA) is 177 Å². The molecule has 0 aliphatic carbocycles. The molecule has 0 heterocycles. The van der Waals surface area contributed by atoms with Crippen LogP contribution in [-0.2, 0) is 19.2 Å². The first-order valence-corrected chi connectivity index (χ1v) is 10.6. The number of hydrogen-bond acceptors (Lipinski definition) is 6. The average molecular weight is 430 g/mol. The number of rotatable bonds is 15. The van der Waals surface area contributed by atoms with Gasteiger partial charge in [-0.05, 0) is 44.1 Å². The van der Waals surface area contributed by atoms with E-state index in [0.29, 0.717) is 32.2 Å². The minimum Gasteiger partial charge on any atom is -0.480 e. The Labute approximate surface area is 178 Å². The predicted octanol–water partition coefficient (Wildman–Crippen LogP) is -0.295. The highest BCUT2D eigenvalue weighted by molar-refractivity contribution is 5.93. The van der Waals surface area contributed by atoms with Crippen LogP contribution in [0.4, 0.5) is 0 Å². The van der Waals surface area contributed by atoms with Gasteiger partial charge in [0.25, 0.3) is 0 Å². The van der Waals surface area contributed by atoms with Crippen molar-refractivity contribution in [2.75, 3.05) is 13.1 Å². The van der Waals surface area contributed by atoms with Crippen LogP contribution in [0.15, 0.2) is 0 Å². The maximum atomic E-state index is 12.8. The third-order valence-corrected chi connectivity index (χ3v) is 4.90. The highest BCUT2D eigenvalue weighted by atomic mass is 16.4. The fourth-order valence-corrected chi connectivity index (χ4v) is 2.92. The van der Waals surface area contributed by atoms with Crippen LogP contribution in [0.25, 0.3) is 0 Å². The Hall–Kier alpha value is -2.20. The highest BCUT2D eigenvalue weighted by Crippen LogP contribution is 2.12. The zero-order chi connectivity index (χ0) is 23.3. The molecule has 0 bridgehead atoms. The molecule has 0 aliphatic rings. The van der Waals surface area contributed by atoms with Gasteiger partial charge in [-0.25, -0.2) is 4.79 Å². The summed E-state index contributed by atoms with van der Waals surface area (Å²) in [5.74, 6) is -2.79. The molecular formula is C20H39N5O5. The van der Waals surface area contributed by atoms with Crippen LogP contribution >= 0.6 is 0 Å². The number of carboxylic acid groups (broad SMARTS) is 1. The smallest absolute Gasteiger partial charge is 0.326 e. The lowest BCUT2D eigenvalue weighted by molar-refractivity contribution is -0.143. The Morgan fingerprint density at radius 2 is 1.53 bits per heavy atom. The van der Waals surface area contributed by atoms with Gasteiger partial charge < -0.3 is 32.5 Å². The maximum absolute atomic E-state index is 12.8. The lowest BCUT2D eigenvalue weighted by Crippen LogP contribution is -2.58. The molecular weight excluding hydrogens is 390 g/mol. The molecule has 0 aromatic heterocycles. The summed E-state index contributed by atoms with van der Waals surface area (Å²) in [5.41, 5.74) is 10.8. The van der Waals surface area contributed by atoms with Gasteiger partial charge in [-0.1, -0.05) is 34.1 Å². The first-order chi connectivity index (χ1) is 14.1. The average Bonchev–Trinajstić information content (AvgIpc) is 2.69. The van der Waals surface area contributed by atoms with E-state index < -0.39 is 41.8 Å². The molecule has 0 aromatic carbocycles. The van der Waals surface area contributed by atoms with Gasteiger partial charge in [0, 0.05) is 0 Å². The molecule has 0 fully saturated rings. The Kier molecular flexibility index (Phi) is 13.7. The summed E-state index contributed by atoms with van der Waals surface area (Å²) in [5, 5.41) is 17.2. The molecule has 3 amide bonds. The third kappa shape index (κ3) is 10.5. The normalized spacial score (nSPS) is 15.0. The standard InChI is InChI=1S/C20H39N5O5/c1-5-13(4)17(19(28)24-14(20(29)30)8-6-7-9-21)25-18(27)15(10-12(2)3)23-16(26)11-22/h12-15,17H,5-11,21-22H2,1-4H3,(H,23,26)(H,24,28)(H,25,27)(H,29,30). The van der Waals surface area contributed by atoms with Crippen LogP contribution in [0, 0.1) is 11.8 Å². The zero-order valence-electron chi connectivity index (χ0n) is 18.6. The van der Waals surface area contributed by atoms with Crippen LogP contribution in [0.2, 0.25) is 0 Å². The Balaban J connectivity index is 5.35.